The molecule has 0 radical (unpaired) electrons. The summed E-state index contributed by atoms with van der Waals surface area (Å²) in [5.74, 6) is 7.31. The van der Waals surface area contributed by atoms with Gasteiger partial charge >= 0.3 is 0 Å². The molecule has 0 unspecified atom stereocenters. The first-order chi connectivity index (χ1) is 20.0. The second-order valence-corrected chi connectivity index (χ2v) is 10.1. The molecule has 2 N–H and O–H groups in total. The SMILES string of the molecule is Cc1ccccc1C#Cc1cc2cnc(Nc3ccc(OC4CCNCC4)cc3)nc2n(Cc2ncoc2Cl)c1=O. The van der Waals surface area contributed by atoms with Gasteiger partial charge in [0.1, 0.15) is 23.2 Å². The van der Waals surface area contributed by atoms with Crippen molar-refractivity contribution in [2.24, 2.45) is 0 Å². The molecule has 1 fully saturated rings. The van der Waals surface area contributed by atoms with E-state index in [1.54, 1.807) is 12.3 Å². The predicted molar refractivity (Wildman–Crippen MR) is 158 cm³/mol. The molecule has 3 aromatic heterocycles. The number of aryl methyl sites for hydroxylation is 1. The summed E-state index contributed by atoms with van der Waals surface area (Å²) in [6.45, 7) is 3.98. The third kappa shape index (κ3) is 6.09. The number of fused-ring (bicyclic) bond motifs is 1. The lowest BCUT2D eigenvalue weighted by Crippen LogP contribution is -2.34. The summed E-state index contributed by atoms with van der Waals surface area (Å²) in [4.78, 5) is 27.0. The number of rotatable bonds is 6. The lowest BCUT2D eigenvalue weighted by atomic mass is 10.1. The van der Waals surface area contributed by atoms with Crippen molar-refractivity contribution in [1.82, 2.24) is 24.8 Å². The molecule has 41 heavy (non-hydrogen) atoms. The van der Waals surface area contributed by atoms with Crippen molar-refractivity contribution in [2.45, 2.75) is 32.4 Å². The Morgan fingerprint density at radius 2 is 1.88 bits per heavy atom. The molecule has 1 aliphatic rings. The van der Waals surface area contributed by atoms with Gasteiger partial charge in [0.15, 0.2) is 6.39 Å². The van der Waals surface area contributed by atoms with E-state index in [4.69, 9.17) is 20.8 Å². The monoisotopic (exact) mass is 566 g/mol. The Labute approximate surface area is 241 Å². The van der Waals surface area contributed by atoms with E-state index in [0.717, 1.165) is 48.5 Å². The molecule has 5 aromatic rings. The van der Waals surface area contributed by atoms with Crippen molar-refractivity contribution in [1.29, 1.82) is 0 Å². The van der Waals surface area contributed by atoms with Gasteiger partial charge in [-0.1, -0.05) is 30.0 Å². The van der Waals surface area contributed by atoms with Gasteiger partial charge in [0.2, 0.25) is 11.2 Å². The number of pyridine rings is 1. The summed E-state index contributed by atoms with van der Waals surface area (Å²) < 4.78 is 12.7. The molecule has 0 spiro atoms. The number of anilines is 2. The molecular weight excluding hydrogens is 540 g/mol. The van der Waals surface area contributed by atoms with Crippen LogP contribution in [0.5, 0.6) is 5.75 Å². The first kappa shape index (κ1) is 26.6. The van der Waals surface area contributed by atoms with E-state index in [0.29, 0.717) is 28.2 Å². The van der Waals surface area contributed by atoms with E-state index in [1.807, 2.05) is 55.5 Å². The van der Waals surface area contributed by atoms with Crippen LogP contribution in [0, 0.1) is 18.8 Å². The molecule has 0 atom stereocenters. The minimum absolute atomic E-state index is 0.0593. The summed E-state index contributed by atoms with van der Waals surface area (Å²) in [6.07, 6.45) is 5.11. The van der Waals surface area contributed by atoms with Gasteiger partial charge in [-0.3, -0.25) is 9.36 Å². The lowest BCUT2D eigenvalue weighted by Gasteiger charge is -2.23. The summed E-state index contributed by atoms with van der Waals surface area (Å²) in [7, 11) is 0. The highest BCUT2D eigenvalue weighted by Crippen LogP contribution is 2.23. The third-order valence-electron chi connectivity index (χ3n) is 6.90. The summed E-state index contributed by atoms with van der Waals surface area (Å²) in [6, 6.07) is 17.1. The van der Waals surface area contributed by atoms with Crippen LogP contribution in [-0.2, 0) is 6.54 Å². The zero-order valence-corrected chi connectivity index (χ0v) is 23.1. The number of halogens is 1. The summed E-state index contributed by atoms with van der Waals surface area (Å²) in [5.41, 5.74) is 3.49. The van der Waals surface area contributed by atoms with Crippen LogP contribution in [0.2, 0.25) is 5.22 Å². The second-order valence-electron chi connectivity index (χ2n) is 9.78. The minimum Gasteiger partial charge on any atom is -0.490 e. The van der Waals surface area contributed by atoms with Gasteiger partial charge in [0.25, 0.3) is 5.56 Å². The molecule has 1 aliphatic heterocycles. The van der Waals surface area contributed by atoms with Crippen LogP contribution >= 0.6 is 11.6 Å². The predicted octanol–water partition coefficient (Wildman–Crippen LogP) is 5.06. The highest BCUT2D eigenvalue weighted by molar-refractivity contribution is 6.29. The first-order valence-electron chi connectivity index (χ1n) is 13.3. The molecule has 10 heteroatoms. The number of benzene rings is 2. The van der Waals surface area contributed by atoms with E-state index in [-0.39, 0.29) is 23.4 Å². The zero-order valence-electron chi connectivity index (χ0n) is 22.4. The summed E-state index contributed by atoms with van der Waals surface area (Å²) >= 11 is 6.17. The first-order valence-corrected chi connectivity index (χ1v) is 13.7. The largest absolute Gasteiger partial charge is 0.490 e. The van der Waals surface area contributed by atoms with Crippen LogP contribution in [0.4, 0.5) is 11.6 Å². The molecule has 0 saturated carbocycles. The average Bonchev–Trinajstić information content (AvgIpc) is 3.40. The van der Waals surface area contributed by atoms with Gasteiger partial charge in [-0.25, -0.2) is 9.97 Å². The maximum Gasteiger partial charge on any atom is 0.268 e. The van der Waals surface area contributed by atoms with Crippen LogP contribution in [0.3, 0.4) is 0 Å². The van der Waals surface area contributed by atoms with Crippen LogP contribution in [0.15, 0.2) is 76.4 Å². The Balaban J connectivity index is 1.32. The number of nitrogens with zero attached hydrogens (tertiary/aromatic N) is 4. The zero-order chi connectivity index (χ0) is 28.2. The van der Waals surface area contributed by atoms with Crippen molar-refractivity contribution < 1.29 is 9.15 Å². The Hall–Kier alpha value is -4.65. The van der Waals surface area contributed by atoms with E-state index in [9.17, 15) is 4.79 Å². The third-order valence-corrected chi connectivity index (χ3v) is 7.21. The van der Waals surface area contributed by atoms with E-state index < -0.39 is 0 Å². The molecule has 1 saturated heterocycles. The van der Waals surface area contributed by atoms with Gasteiger partial charge in [-0.05, 0) is 86.4 Å². The molecular formula is C31H27ClN6O3. The van der Waals surface area contributed by atoms with Crippen molar-refractivity contribution in [2.75, 3.05) is 18.4 Å². The molecule has 0 amide bonds. The smallest absolute Gasteiger partial charge is 0.268 e. The molecule has 4 heterocycles. The molecule has 0 bridgehead atoms. The molecule has 2 aromatic carbocycles. The highest BCUT2D eigenvalue weighted by Gasteiger charge is 2.16. The number of aromatic nitrogens is 4. The van der Waals surface area contributed by atoms with Crippen molar-refractivity contribution in [3.63, 3.8) is 0 Å². The van der Waals surface area contributed by atoms with Crippen LogP contribution in [0.25, 0.3) is 11.0 Å². The Morgan fingerprint density at radius 1 is 1.10 bits per heavy atom. The van der Waals surface area contributed by atoms with Crippen LogP contribution in [0.1, 0.15) is 35.2 Å². The van der Waals surface area contributed by atoms with Crippen molar-refractivity contribution in [3.8, 4) is 17.6 Å². The van der Waals surface area contributed by atoms with Gasteiger partial charge < -0.3 is 19.8 Å². The van der Waals surface area contributed by atoms with Crippen LogP contribution < -0.4 is 20.9 Å². The number of ether oxygens (including phenoxy) is 1. The highest BCUT2D eigenvalue weighted by atomic mass is 35.5. The fourth-order valence-corrected chi connectivity index (χ4v) is 4.81. The van der Waals surface area contributed by atoms with Crippen LogP contribution in [-0.4, -0.2) is 38.7 Å². The van der Waals surface area contributed by atoms with Gasteiger partial charge in [-0.2, -0.15) is 4.98 Å². The second kappa shape index (κ2) is 11.8. The number of piperidine rings is 1. The Morgan fingerprint density at radius 3 is 2.63 bits per heavy atom. The lowest BCUT2D eigenvalue weighted by molar-refractivity contribution is 0.162. The molecule has 0 aliphatic carbocycles. The Kier molecular flexibility index (Phi) is 7.67. The maximum atomic E-state index is 13.7. The quantitative estimate of drug-likeness (QED) is 0.275. The summed E-state index contributed by atoms with van der Waals surface area (Å²) in [5, 5.41) is 7.32. The van der Waals surface area contributed by atoms with Crippen molar-refractivity contribution >= 4 is 34.3 Å². The minimum atomic E-state index is -0.318. The fraction of sp³-hybridized carbons (Fsp3) is 0.226. The number of nitrogens with one attached hydrogen (secondary N) is 2. The van der Waals surface area contributed by atoms with E-state index in [1.165, 1.54) is 11.0 Å². The molecule has 9 nitrogen and oxygen atoms in total. The van der Waals surface area contributed by atoms with Gasteiger partial charge in [0, 0.05) is 22.8 Å². The van der Waals surface area contributed by atoms with Crippen molar-refractivity contribution in [3.05, 3.63) is 105 Å². The van der Waals surface area contributed by atoms with E-state index in [2.05, 4.69) is 37.4 Å². The number of oxazole rings is 1. The normalized spacial score (nSPS) is 13.5. The molecule has 6 rings (SSSR count). The topological polar surface area (TPSA) is 107 Å². The molecule has 206 valence electrons. The van der Waals surface area contributed by atoms with E-state index >= 15 is 0 Å². The standard InChI is InChI=1S/C31H27ClN6O3/c1-20-4-2-3-5-21(20)6-7-22-16-23-17-34-31(37-29(23)38(30(22)39)18-27-28(32)40-19-35-27)36-24-8-10-25(11-9-24)41-26-12-14-33-15-13-26/h2-5,8-11,16-17,19,26,33H,12-15,18H2,1H3,(H,34,36,37). The number of hydrogen-bond donors (Lipinski definition) is 2. The maximum absolute atomic E-state index is 13.7. The average molecular weight is 567 g/mol. The number of hydrogen-bond acceptors (Lipinski definition) is 8. The van der Waals surface area contributed by atoms with Gasteiger partial charge in [0.05, 0.1) is 12.1 Å². The van der Waals surface area contributed by atoms with Gasteiger partial charge in [-0.15, -0.1) is 0 Å². The Bertz CT molecular complexity index is 1810. The fourth-order valence-electron chi connectivity index (χ4n) is 4.66.